The van der Waals surface area contributed by atoms with E-state index < -0.39 is 0 Å². The molecule has 0 radical (unpaired) electrons. The summed E-state index contributed by atoms with van der Waals surface area (Å²) in [6, 6.07) is 0.361. The van der Waals surface area contributed by atoms with Crippen molar-refractivity contribution in [2.45, 2.75) is 32.7 Å². The van der Waals surface area contributed by atoms with Crippen molar-refractivity contribution in [2.75, 3.05) is 0 Å². The van der Waals surface area contributed by atoms with E-state index in [1.165, 1.54) is 5.57 Å². The van der Waals surface area contributed by atoms with Gasteiger partial charge in [-0.05, 0) is 41.8 Å². The second-order valence-electron chi connectivity index (χ2n) is 3.58. The van der Waals surface area contributed by atoms with Crippen molar-refractivity contribution in [3.8, 4) is 0 Å². The molecule has 1 atom stereocenters. The van der Waals surface area contributed by atoms with Crippen LogP contribution in [0.5, 0.6) is 0 Å². The van der Waals surface area contributed by atoms with Crippen molar-refractivity contribution < 1.29 is 0 Å². The van der Waals surface area contributed by atoms with Gasteiger partial charge in [0.2, 0.25) is 4.73 Å². The van der Waals surface area contributed by atoms with Gasteiger partial charge in [-0.15, -0.1) is 5.10 Å². The number of halogens is 1. The molecule has 1 aliphatic heterocycles. The van der Waals surface area contributed by atoms with Crippen molar-refractivity contribution in [3.05, 3.63) is 34.4 Å². The highest BCUT2D eigenvalue weighted by atomic mass is 79.9. The topological polar surface area (TPSA) is 30.7 Å². The minimum absolute atomic E-state index is 0.361. The summed E-state index contributed by atoms with van der Waals surface area (Å²) in [5, 5.41) is 4.37. The molecule has 0 N–H and O–H groups in total. The van der Waals surface area contributed by atoms with Gasteiger partial charge in [-0.1, -0.05) is 18.2 Å². The zero-order valence-electron chi connectivity index (χ0n) is 8.94. The van der Waals surface area contributed by atoms with Crippen LogP contribution in [0.2, 0.25) is 0 Å². The minimum Gasteiger partial charge on any atom is -0.241 e. The number of allylic oxidation sites excluding steroid dienone is 4. The molecule has 0 bridgehead atoms. The highest BCUT2D eigenvalue weighted by molar-refractivity contribution is 9.10. The van der Waals surface area contributed by atoms with E-state index in [1.807, 2.05) is 11.6 Å². The zero-order valence-corrected chi connectivity index (χ0v) is 10.5. The largest absolute Gasteiger partial charge is 0.241 e. The van der Waals surface area contributed by atoms with Gasteiger partial charge >= 0.3 is 0 Å². The van der Waals surface area contributed by atoms with Crippen LogP contribution in [-0.4, -0.2) is 14.8 Å². The predicted molar refractivity (Wildman–Crippen MR) is 63.7 cm³/mol. The molecule has 80 valence electrons. The zero-order chi connectivity index (χ0) is 10.8. The Bertz CT molecular complexity index is 417. The fourth-order valence-corrected chi connectivity index (χ4v) is 2.41. The minimum atomic E-state index is 0.361. The van der Waals surface area contributed by atoms with Crippen LogP contribution in [0.3, 0.4) is 0 Å². The lowest BCUT2D eigenvalue weighted by Gasteiger charge is -2.12. The van der Waals surface area contributed by atoms with Gasteiger partial charge in [0.1, 0.15) is 5.82 Å². The van der Waals surface area contributed by atoms with Crippen LogP contribution < -0.4 is 0 Å². The molecule has 3 nitrogen and oxygen atoms in total. The summed E-state index contributed by atoms with van der Waals surface area (Å²) in [5.41, 5.74) is 1.31. The van der Waals surface area contributed by atoms with E-state index in [-0.39, 0.29) is 0 Å². The summed E-state index contributed by atoms with van der Waals surface area (Å²) in [4.78, 5) is 4.34. The molecule has 1 unspecified atom stereocenters. The maximum absolute atomic E-state index is 4.37. The lowest BCUT2D eigenvalue weighted by atomic mass is 10.0. The van der Waals surface area contributed by atoms with E-state index in [4.69, 9.17) is 0 Å². The van der Waals surface area contributed by atoms with Crippen LogP contribution in [0.25, 0.3) is 0 Å². The van der Waals surface area contributed by atoms with E-state index in [0.29, 0.717) is 10.8 Å². The third-order valence-corrected chi connectivity index (χ3v) is 3.03. The van der Waals surface area contributed by atoms with Crippen molar-refractivity contribution in [3.63, 3.8) is 0 Å². The maximum Gasteiger partial charge on any atom is 0.217 e. The summed E-state index contributed by atoms with van der Waals surface area (Å²) < 4.78 is 2.72. The van der Waals surface area contributed by atoms with Crippen LogP contribution >= 0.6 is 15.9 Å². The smallest absolute Gasteiger partial charge is 0.217 e. The second-order valence-corrected chi connectivity index (χ2v) is 4.29. The number of fused-ring (bicyclic) bond motifs is 1. The lowest BCUT2D eigenvalue weighted by Crippen LogP contribution is -2.07. The van der Waals surface area contributed by atoms with E-state index in [0.717, 1.165) is 18.7 Å². The third kappa shape index (κ3) is 1.91. The molecule has 4 heteroatoms. The van der Waals surface area contributed by atoms with Crippen molar-refractivity contribution in [1.82, 2.24) is 14.8 Å². The average molecular weight is 268 g/mol. The summed E-state index contributed by atoms with van der Waals surface area (Å²) in [5.74, 6) is 1.08. The van der Waals surface area contributed by atoms with Gasteiger partial charge in [0.25, 0.3) is 0 Å². The van der Waals surface area contributed by atoms with Crippen LogP contribution in [-0.2, 0) is 6.42 Å². The molecule has 0 aromatic carbocycles. The molecule has 1 aromatic heterocycles. The molecular formula is C11H14BrN3. The van der Waals surface area contributed by atoms with Crippen LogP contribution in [0, 0.1) is 0 Å². The molecule has 0 aliphatic carbocycles. The highest BCUT2D eigenvalue weighted by Gasteiger charge is 2.26. The monoisotopic (exact) mass is 267 g/mol. The Morgan fingerprint density at radius 3 is 3.00 bits per heavy atom. The lowest BCUT2D eigenvalue weighted by molar-refractivity contribution is 0.550. The molecule has 0 amide bonds. The Kier molecular flexibility index (Phi) is 3.05. The molecular weight excluding hydrogens is 254 g/mol. The van der Waals surface area contributed by atoms with Crippen LogP contribution in [0.15, 0.2) is 28.5 Å². The molecule has 0 saturated heterocycles. The van der Waals surface area contributed by atoms with Gasteiger partial charge in [0.15, 0.2) is 0 Å². The molecule has 15 heavy (non-hydrogen) atoms. The fraction of sp³-hybridized carbons (Fsp3) is 0.455. The first-order valence-corrected chi connectivity index (χ1v) is 5.95. The summed E-state index contributed by atoms with van der Waals surface area (Å²) in [6.07, 6.45) is 8.48. The Morgan fingerprint density at radius 1 is 1.53 bits per heavy atom. The summed E-state index contributed by atoms with van der Waals surface area (Å²) in [7, 11) is 0. The molecule has 0 saturated carbocycles. The standard InChI is InChI=1S/C11H14BrN3/c1-3-5-8(4-2)9-6-7-10-13-11(12)14-15(9)10/h3-5,9H,6-7H2,1-2H3/b5-3-,8-4+. The molecule has 1 aromatic rings. The second kappa shape index (κ2) is 4.31. The fourth-order valence-electron chi connectivity index (χ4n) is 2.03. The third-order valence-electron chi connectivity index (χ3n) is 2.69. The number of aromatic nitrogens is 3. The molecule has 0 spiro atoms. The average Bonchev–Trinajstić information content (AvgIpc) is 2.73. The quantitative estimate of drug-likeness (QED) is 0.772. The summed E-state index contributed by atoms with van der Waals surface area (Å²) in [6.45, 7) is 4.11. The van der Waals surface area contributed by atoms with Gasteiger partial charge in [0.05, 0.1) is 6.04 Å². The number of rotatable bonds is 2. The SMILES string of the molecule is C/C=C\C(=C/C)C1CCc2nc(Br)nn21. The normalized spacial score (nSPS) is 21.3. The Morgan fingerprint density at radius 2 is 2.33 bits per heavy atom. The first-order chi connectivity index (χ1) is 7.26. The van der Waals surface area contributed by atoms with Crippen LogP contribution in [0.4, 0.5) is 0 Å². The highest BCUT2D eigenvalue weighted by Crippen LogP contribution is 2.31. The van der Waals surface area contributed by atoms with Crippen molar-refractivity contribution >= 4 is 15.9 Å². The van der Waals surface area contributed by atoms with Gasteiger partial charge in [0, 0.05) is 6.42 Å². The molecule has 2 heterocycles. The van der Waals surface area contributed by atoms with E-state index >= 15 is 0 Å². The van der Waals surface area contributed by atoms with Gasteiger partial charge < -0.3 is 0 Å². The summed E-state index contributed by atoms with van der Waals surface area (Å²) >= 11 is 3.31. The van der Waals surface area contributed by atoms with Gasteiger partial charge in [-0.3, -0.25) is 0 Å². The Hall–Kier alpha value is -0.900. The Labute approximate surface area is 98.0 Å². The number of nitrogens with zero attached hydrogens (tertiary/aromatic N) is 3. The number of hydrogen-bond acceptors (Lipinski definition) is 2. The molecule has 1 aliphatic rings. The van der Waals surface area contributed by atoms with Gasteiger partial charge in [-0.25, -0.2) is 9.67 Å². The number of hydrogen-bond donors (Lipinski definition) is 0. The van der Waals surface area contributed by atoms with E-state index in [2.05, 4.69) is 51.2 Å². The van der Waals surface area contributed by atoms with E-state index in [1.54, 1.807) is 0 Å². The Balaban J connectivity index is 2.33. The first-order valence-electron chi connectivity index (χ1n) is 5.16. The first kappa shape index (κ1) is 10.6. The number of aryl methyl sites for hydroxylation is 1. The maximum atomic E-state index is 4.37. The molecule has 2 rings (SSSR count). The van der Waals surface area contributed by atoms with E-state index in [9.17, 15) is 0 Å². The van der Waals surface area contributed by atoms with Crippen molar-refractivity contribution in [2.24, 2.45) is 0 Å². The van der Waals surface area contributed by atoms with Crippen molar-refractivity contribution in [1.29, 1.82) is 0 Å². The van der Waals surface area contributed by atoms with Crippen LogP contribution in [0.1, 0.15) is 32.1 Å². The molecule has 0 fully saturated rings. The predicted octanol–water partition coefficient (Wildman–Crippen LogP) is 3.05. The van der Waals surface area contributed by atoms with Gasteiger partial charge in [-0.2, -0.15) is 0 Å².